The molecular weight excluding hydrogens is 337 g/mol. The Balaban J connectivity index is 2.05. The third-order valence-corrected chi connectivity index (χ3v) is 3.76. The Morgan fingerprint density at radius 3 is 2.62 bits per heavy atom. The number of carbonyl (C=O) groups is 1. The van der Waals surface area contributed by atoms with Crippen molar-refractivity contribution in [1.82, 2.24) is 4.90 Å². The number of hydrogen-bond donors (Lipinski definition) is 0. The summed E-state index contributed by atoms with van der Waals surface area (Å²) in [5.41, 5.74) is 1.62. The fourth-order valence-corrected chi connectivity index (χ4v) is 2.50. The van der Waals surface area contributed by atoms with Gasteiger partial charge in [0.15, 0.2) is 0 Å². The lowest BCUT2D eigenvalue weighted by molar-refractivity contribution is 0.0270. The van der Waals surface area contributed by atoms with Crippen LogP contribution in [0.15, 0.2) is 28.7 Å². The molecule has 0 bridgehead atoms. The predicted octanol–water partition coefficient (Wildman–Crippen LogP) is 4.61. The van der Waals surface area contributed by atoms with Crippen LogP contribution in [0.25, 0.3) is 5.57 Å². The third-order valence-electron chi connectivity index (χ3n) is 3.15. The fourth-order valence-electron chi connectivity index (χ4n) is 2.12. The maximum absolute atomic E-state index is 13.3. The second-order valence-corrected chi connectivity index (χ2v) is 6.89. The van der Waals surface area contributed by atoms with Crippen LogP contribution >= 0.6 is 15.9 Å². The second-order valence-electron chi connectivity index (χ2n) is 6.03. The largest absolute Gasteiger partial charge is 0.444 e. The van der Waals surface area contributed by atoms with Gasteiger partial charge in [-0.1, -0.05) is 12.1 Å². The Labute approximate surface area is 132 Å². The Morgan fingerprint density at radius 1 is 1.38 bits per heavy atom. The van der Waals surface area contributed by atoms with Crippen LogP contribution in [0.2, 0.25) is 0 Å². The molecule has 114 valence electrons. The van der Waals surface area contributed by atoms with Gasteiger partial charge in [0.1, 0.15) is 11.4 Å². The van der Waals surface area contributed by atoms with Gasteiger partial charge in [0.2, 0.25) is 0 Å². The molecule has 1 aromatic carbocycles. The van der Waals surface area contributed by atoms with Crippen molar-refractivity contribution in [2.24, 2.45) is 0 Å². The van der Waals surface area contributed by atoms with E-state index in [1.807, 2.05) is 26.8 Å². The molecule has 5 heteroatoms. The van der Waals surface area contributed by atoms with Gasteiger partial charge in [-0.25, -0.2) is 9.18 Å². The van der Waals surface area contributed by atoms with Gasteiger partial charge in [-0.3, -0.25) is 0 Å². The molecule has 1 aliphatic heterocycles. The summed E-state index contributed by atoms with van der Waals surface area (Å²) in [6, 6.07) is 4.97. The van der Waals surface area contributed by atoms with E-state index in [1.165, 1.54) is 6.07 Å². The molecule has 2 rings (SSSR count). The molecule has 0 atom stereocenters. The van der Waals surface area contributed by atoms with Crippen molar-refractivity contribution in [1.29, 1.82) is 0 Å². The smallest absolute Gasteiger partial charge is 0.410 e. The molecule has 1 aliphatic rings. The summed E-state index contributed by atoms with van der Waals surface area (Å²) in [5.74, 6) is -0.273. The van der Waals surface area contributed by atoms with Gasteiger partial charge in [-0.05, 0) is 66.4 Å². The van der Waals surface area contributed by atoms with Crippen LogP contribution < -0.4 is 0 Å². The molecule has 0 radical (unpaired) electrons. The maximum atomic E-state index is 13.3. The van der Waals surface area contributed by atoms with E-state index in [0.717, 1.165) is 17.6 Å². The normalized spacial score (nSPS) is 15.7. The monoisotopic (exact) mass is 355 g/mol. The molecule has 0 fully saturated rings. The van der Waals surface area contributed by atoms with Gasteiger partial charge in [-0.2, -0.15) is 0 Å². The molecule has 0 spiro atoms. The Morgan fingerprint density at radius 2 is 2.10 bits per heavy atom. The highest BCUT2D eigenvalue weighted by Gasteiger charge is 2.23. The highest BCUT2D eigenvalue weighted by atomic mass is 79.9. The average Bonchev–Trinajstić information content (AvgIpc) is 2.40. The average molecular weight is 356 g/mol. The third kappa shape index (κ3) is 4.30. The van der Waals surface area contributed by atoms with Gasteiger partial charge in [-0.15, -0.1) is 0 Å². The van der Waals surface area contributed by atoms with Crippen LogP contribution in [-0.2, 0) is 4.74 Å². The van der Waals surface area contributed by atoms with E-state index in [9.17, 15) is 9.18 Å². The lowest BCUT2D eigenvalue weighted by Crippen LogP contribution is -2.39. The van der Waals surface area contributed by atoms with E-state index >= 15 is 0 Å². The first kappa shape index (κ1) is 16.0. The van der Waals surface area contributed by atoms with Crippen molar-refractivity contribution in [2.45, 2.75) is 32.8 Å². The molecule has 1 amide bonds. The molecule has 0 saturated carbocycles. The predicted molar refractivity (Wildman–Crippen MR) is 84.5 cm³/mol. The quantitative estimate of drug-likeness (QED) is 0.735. The van der Waals surface area contributed by atoms with Crippen LogP contribution in [0.3, 0.4) is 0 Å². The molecule has 0 saturated heterocycles. The minimum Gasteiger partial charge on any atom is -0.444 e. The number of rotatable bonds is 1. The lowest BCUT2D eigenvalue weighted by atomic mass is 10.00. The topological polar surface area (TPSA) is 29.5 Å². The van der Waals surface area contributed by atoms with Crippen molar-refractivity contribution in [2.75, 3.05) is 13.1 Å². The number of ether oxygens (including phenoxy) is 1. The summed E-state index contributed by atoms with van der Waals surface area (Å²) >= 11 is 3.19. The Kier molecular flexibility index (Phi) is 4.71. The first-order valence-electron chi connectivity index (χ1n) is 6.88. The van der Waals surface area contributed by atoms with Gasteiger partial charge in [0.25, 0.3) is 0 Å². The van der Waals surface area contributed by atoms with Crippen LogP contribution in [0.4, 0.5) is 9.18 Å². The summed E-state index contributed by atoms with van der Waals surface area (Å²) in [7, 11) is 0. The zero-order chi connectivity index (χ0) is 15.6. The minimum absolute atomic E-state index is 0.273. The number of benzene rings is 1. The van der Waals surface area contributed by atoms with E-state index in [-0.39, 0.29) is 11.9 Å². The number of amides is 1. The molecule has 0 N–H and O–H groups in total. The zero-order valence-corrected chi connectivity index (χ0v) is 14.0. The second kappa shape index (κ2) is 6.18. The molecule has 1 heterocycles. The van der Waals surface area contributed by atoms with E-state index in [2.05, 4.69) is 15.9 Å². The Hall–Kier alpha value is -1.36. The highest BCUT2D eigenvalue weighted by molar-refractivity contribution is 9.10. The molecule has 21 heavy (non-hydrogen) atoms. The van der Waals surface area contributed by atoms with Crippen molar-refractivity contribution in [3.8, 4) is 0 Å². The van der Waals surface area contributed by atoms with Crippen molar-refractivity contribution in [3.63, 3.8) is 0 Å². The standard InChI is InChI=1S/C16H19BrFNO2/c1-16(2,3)21-15(20)19-8-6-11(7-9-19)12-4-5-14(18)13(17)10-12/h4-6,10H,7-9H2,1-3H3. The van der Waals surface area contributed by atoms with Gasteiger partial charge in [0, 0.05) is 13.1 Å². The zero-order valence-electron chi connectivity index (χ0n) is 12.5. The Bertz CT molecular complexity index is 578. The maximum Gasteiger partial charge on any atom is 0.410 e. The number of halogens is 2. The summed E-state index contributed by atoms with van der Waals surface area (Å²) in [4.78, 5) is 13.6. The molecule has 0 aromatic heterocycles. The summed E-state index contributed by atoms with van der Waals surface area (Å²) < 4.78 is 19.1. The van der Waals surface area contributed by atoms with Gasteiger partial charge in [0.05, 0.1) is 4.47 Å². The van der Waals surface area contributed by atoms with E-state index < -0.39 is 5.60 Å². The summed E-state index contributed by atoms with van der Waals surface area (Å²) in [6.45, 7) is 6.68. The van der Waals surface area contributed by atoms with Crippen LogP contribution in [0, 0.1) is 5.82 Å². The first-order chi connectivity index (χ1) is 9.76. The molecular formula is C16H19BrFNO2. The molecule has 1 aromatic rings. The van der Waals surface area contributed by atoms with Crippen LogP contribution in [0.5, 0.6) is 0 Å². The SMILES string of the molecule is CC(C)(C)OC(=O)N1CC=C(c2ccc(F)c(Br)c2)CC1. The van der Waals surface area contributed by atoms with Gasteiger partial charge >= 0.3 is 6.09 Å². The van der Waals surface area contributed by atoms with Crippen molar-refractivity contribution < 1.29 is 13.9 Å². The van der Waals surface area contributed by atoms with Crippen LogP contribution in [0.1, 0.15) is 32.8 Å². The summed E-state index contributed by atoms with van der Waals surface area (Å²) in [5, 5.41) is 0. The minimum atomic E-state index is -0.483. The van der Waals surface area contributed by atoms with Crippen LogP contribution in [-0.4, -0.2) is 29.7 Å². The van der Waals surface area contributed by atoms with Crippen molar-refractivity contribution >= 4 is 27.6 Å². The number of hydrogen-bond acceptors (Lipinski definition) is 2. The van der Waals surface area contributed by atoms with Crippen molar-refractivity contribution in [3.05, 3.63) is 40.1 Å². The van der Waals surface area contributed by atoms with E-state index in [4.69, 9.17) is 4.74 Å². The van der Waals surface area contributed by atoms with E-state index in [0.29, 0.717) is 17.6 Å². The molecule has 0 aliphatic carbocycles. The van der Waals surface area contributed by atoms with E-state index in [1.54, 1.807) is 17.0 Å². The first-order valence-corrected chi connectivity index (χ1v) is 7.68. The van der Waals surface area contributed by atoms with Gasteiger partial charge < -0.3 is 9.64 Å². The lowest BCUT2D eigenvalue weighted by Gasteiger charge is -2.29. The molecule has 3 nitrogen and oxygen atoms in total. The highest BCUT2D eigenvalue weighted by Crippen LogP contribution is 2.27. The fraction of sp³-hybridized carbons (Fsp3) is 0.438. The summed E-state index contributed by atoms with van der Waals surface area (Å²) in [6.07, 6.45) is 2.43. The number of nitrogens with zero attached hydrogens (tertiary/aromatic N) is 1. The molecule has 0 unspecified atom stereocenters. The number of carbonyl (C=O) groups excluding carboxylic acids is 1.